The molecule has 0 saturated heterocycles. The van der Waals surface area contributed by atoms with Gasteiger partial charge in [0.2, 0.25) is 0 Å². The number of hydrogen-bond acceptors (Lipinski definition) is 1. The van der Waals surface area contributed by atoms with Crippen LogP contribution in [0.3, 0.4) is 0 Å². The van der Waals surface area contributed by atoms with Gasteiger partial charge in [-0.05, 0) is 76.0 Å². The van der Waals surface area contributed by atoms with Crippen LogP contribution in [0.2, 0.25) is 0 Å². The van der Waals surface area contributed by atoms with Crippen LogP contribution in [0.25, 0.3) is 0 Å². The van der Waals surface area contributed by atoms with Crippen LogP contribution >= 0.6 is 0 Å². The lowest BCUT2D eigenvalue weighted by atomic mass is 9.86. The van der Waals surface area contributed by atoms with Crippen LogP contribution in [0.4, 0.5) is 0 Å². The summed E-state index contributed by atoms with van der Waals surface area (Å²) in [5.74, 6) is 2.18. The summed E-state index contributed by atoms with van der Waals surface area (Å²) in [6.07, 6.45) is 15.1. The summed E-state index contributed by atoms with van der Waals surface area (Å²) in [4.78, 5) is 0. The largest absolute Gasteiger partial charge is 0.306 e. The zero-order chi connectivity index (χ0) is 9.93. The van der Waals surface area contributed by atoms with Crippen molar-refractivity contribution in [3.63, 3.8) is 0 Å². The van der Waals surface area contributed by atoms with Crippen molar-refractivity contribution >= 4 is 0 Å². The van der Waals surface area contributed by atoms with Crippen molar-refractivity contribution in [3.05, 3.63) is 0 Å². The third-order valence-electron chi connectivity index (χ3n) is 6.01. The molecule has 4 aliphatic carbocycles. The fourth-order valence-corrected chi connectivity index (χ4v) is 5.30. The molecule has 4 bridgehead atoms. The van der Waals surface area contributed by atoms with Crippen molar-refractivity contribution in [1.82, 2.24) is 5.32 Å². The lowest BCUT2D eigenvalue weighted by Crippen LogP contribution is -2.54. The molecule has 0 atom stereocenters. The molecule has 4 fully saturated rings. The van der Waals surface area contributed by atoms with Gasteiger partial charge < -0.3 is 5.32 Å². The van der Waals surface area contributed by atoms with Crippen LogP contribution in [-0.2, 0) is 0 Å². The van der Waals surface area contributed by atoms with Gasteiger partial charge in [0, 0.05) is 11.1 Å². The van der Waals surface area contributed by atoms with Gasteiger partial charge in [0.15, 0.2) is 0 Å². The summed E-state index contributed by atoms with van der Waals surface area (Å²) in [6.45, 7) is 0. The predicted octanol–water partition coefficient (Wildman–Crippen LogP) is 3.24. The Morgan fingerprint density at radius 1 is 0.667 bits per heavy atom. The molecule has 0 aromatic rings. The zero-order valence-electron chi connectivity index (χ0n) is 9.73. The lowest BCUT2D eigenvalue weighted by Gasteiger charge is -2.39. The minimum absolute atomic E-state index is 0.615. The monoisotopic (exact) mass is 205 g/mol. The van der Waals surface area contributed by atoms with Crippen molar-refractivity contribution in [2.45, 2.75) is 75.3 Å². The first-order valence-corrected chi connectivity index (χ1v) is 7.07. The predicted molar refractivity (Wildman–Crippen MR) is 61.7 cm³/mol. The topological polar surface area (TPSA) is 12.0 Å². The Morgan fingerprint density at radius 3 is 1.33 bits per heavy atom. The average molecular weight is 205 g/mol. The molecule has 15 heavy (non-hydrogen) atoms. The van der Waals surface area contributed by atoms with Crippen LogP contribution in [0.5, 0.6) is 0 Å². The van der Waals surface area contributed by atoms with E-state index in [1.54, 1.807) is 0 Å². The van der Waals surface area contributed by atoms with Crippen LogP contribution in [0.1, 0.15) is 64.2 Å². The Labute approximate surface area is 93.0 Å². The molecule has 1 heteroatoms. The van der Waals surface area contributed by atoms with Gasteiger partial charge in [0.05, 0.1) is 0 Å². The van der Waals surface area contributed by atoms with E-state index < -0.39 is 0 Å². The Morgan fingerprint density at radius 2 is 1.07 bits per heavy atom. The minimum Gasteiger partial charge on any atom is -0.306 e. The molecule has 0 aromatic carbocycles. The second kappa shape index (κ2) is 2.80. The molecule has 0 heterocycles. The maximum absolute atomic E-state index is 4.19. The standard InChI is InChI=1S/C14H23N/c1-5-13(6-2-11(1)9-13)15-14-7-3-12(10-14)4-8-14/h11-12,15H,1-10H2. The van der Waals surface area contributed by atoms with E-state index >= 15 is 0 Å². The molecule has 1 nitrogen and oxygen atoms in total. The van der Waals surface area contributed by atoms with Gasteiger partial charge in [-0.25, -0.2) is 0 Å². The summed E-state index contributed by atoms with van der Waals surface area (Å²) in [7, 11) is 0. The first kappa shape index (κ1) is 9.04. The van der Waals surface area contributed by atoms with Crippen molar-refractivity contribution in [2.24, 2.45) is 11.8 Å². The molecule has 1 N–H and O–H groups in total. The van der Waals surface area contributed by atoms with E-state index in [0.29, 0.717) is 11.1 Å². The second-order valence-corrected chi connectivity index (χ2v) is 6.98. The average Bonchev–Trinajstić information content (AvgIpc) is 2.95. The van der Waals surface area contributed by atoms with Crippen LogP contribution in [-0.4, -0.2) is 11.1 Å². The molecule has 4 aliphatic rings. The van der Waals surface area contributed by atoms with E-state index in [2.05, 4.69) is 5.32 Å². The first-order chi connectivity index (χ1) is 7.28. The van der Waals surface area contributed by atoms with Crippen LogP contribution in [0.15, 0.2) is 0 Å². The van der Waals surface area contributed by atoms with Crippen molar-refractivity contribution in [3.8, 4) is 0 Å². The Balaban J connectivity index is 1.55. The molecule has 0 aromatic heterocycles. The van der Waals surface area contributed by atoms with Gasteiger partial charge in [-0.15, -0.1) is 0 Å². The number of rotatable bonds is 2. The fraction of sp³-hybridized carbons (Fsp3) is 1.00. The van der Waals surface area contributed by atoms with Crippen molar-refractivity contribution in [1.29, 1.82) is 0 Å². The molecular formula is C14H23N. The molecule has 4 saturated carbocycles. The maximum atomic E-state index is 4.19. The highest BCUT2D eigenvalue weighted by atomic mass is 15.1. The van der Waals surface area contributed by atoms with Gasteiger partial charge in [0.25, 0.3) is 0 Å². The molecule has 0 aliphatic heterocycles. The van der Waals surface area contributed by atoms with Crippen molar-refractivity contribution < 1.29 is 0 Å². The summed E-state index contributed by atoms with van der Waals surface area (Å²) in [6, 6.07) is 0. The highest BCUT2D eigenvalue weighted by Crippen LogP contribution is 2.53. The number of fused-ring (bicyclic) bond motifs is 4. The van der Waals surface area contributed by atoms with Crippen LogP contribution < -0.4 is 5.32 Å². The summed E-state index contributed by atoms with van der Waals surface area (Å²) in [5, 5.41) is 4.19. The Kier molecular flexibility index (Phi) is 1.68. The van der Waals surface area contributed by atoms with E-state index in [0.717, 1.165) is 11.8 Å². The van der Waals surface area contributed by atoms with Gasteiger partial charge >= 0.3 is 0 Å². The lowest BCUT2D eigenvalue weighted by molar-refractivity contribution is 0.206. The molecule has 4 rings (SSSR count). The summed E-state index contributed by atoms with van der Waals surface area (Å²) in [5.41, 5.74) is 1.23. The van der Waals surface area contributed by atoms with E-state index in [1.165, 1.54) is 64.2 Å². The van der Waals surface area contributed by atoms with Crippen molar-refractivity contribution in [2.75, 3.05) is 0 Å². The maximum Gasteiger partial charge on any atom is 0.0189 e. The van der Waals surface area contributed by atoms with Gasteiger partial charge in [-0.1, -0.05) is 0 Å². The van der Waals surface area contributed by atoms with Gasteiger partial charge in [-0.3, -0.25) is 0 Å². The molecule has 0 unspecified atom stereocenters. The van der Waals surface area contributed by atoms with E-state index in [4.69, 9.17) is 0 Å². The van der Waals surface area contributed by atoms with Gasteiger partial charge in [-0.2, -0.15) is 0 Å². The Hall–Kier alpha value is -0.0400. The summed E-state index contributed by atoms with van der Waals surface area (Å²) < 4.78 is 0. The third-order valence-corrected chi connectivity index (χ3v) is 6.01. The Bertz CT molecular complexity index is 239. The second-order valence-electron chi connectivity index (χ2n) is 6.98. The van der Waals surface area contributed by atoms with Crippen LogP contribution in [0, 0.1) is 11.8 Å². The number of hydrogen-bond donors (Lipinski definition) is 1. The van der Waals surface area contributed by atoms with Gasteiger partial charge in [0.1, 0.15) is 0 Å². The van der Waals surface area contributed by atoms with E-state index in [9.17, 15) is 0 Å². The number of nitrogens with one attached hydrogen (secondary N) is 1. The SMILES string of the molecule is C1CC2(NC34CCC(CC3)C4)CCC1C2. The highest BCUT2D eigenvalue weighted by Gasteiger charge is 2.52. The first-order valence-electron chi connectivity index (χ1n) is 7.07. The molecule has 0 radical (unpaired) electrons. The highest BCUT2D eigenvalue weighted by molar-refractivity contribution is 5.11. The summed E-state index contributed by atoms with van der Waals surface area (Å²) >= 11 is 0. The fourth-order valence-electron chi connectivity index (χ4n) is 5.30. The zero-order valence-corrected chi connectivity index (χ0v) is 9.73. The van der Waals surface area contributed by atoms with E-state index in [1.807, 2.05) is 0 Å². The van der Waals surface area contributed by atoms with E-state index in [-0.39, 0.29) is 0 Å². The smallest absolute Gasteiger partial charge is 0.0189 e. The third kappa shape index (κ3) is 1.25. The normalized spacial score (nSPS) is 56.8. The molecule has 84 valence electrons. The quantitative estimate of drug-likeness (QED) is 0.729. The molecule has 0 spiro atoms. The molecule has 0 amide bonds. The minimum atomic E-state index is 0.615. The molecular weight excluding hydrogens is 182 g/mol.